The molecule has 0 radical (unpaired) electrons. The van der Waals surface area contributed by atoms with Gasteiger partial charge in [0.1, 0.15) is 0 Å². The van der Waals surface area contributed by atoms with E-state index in [1.807, 2.05) is 0 Å². The van der Waals surface area contributed by atoms with Crippen molar-refractivity contribution in [3.8, 4) is 0 Å². The minimum Gasteiger partial charge on any atom is -0.481 e. The summed E-state index contributed by atoms with van der Waals surface area (Å²) in [5.41, 5.74) is -0.241. The van der Waals surface area contributed by atoms with E-state index in [1.165, 1.54) is 12.8 Å². The van der Waals surface area contributed by atoms with Gasteiger partial charge in [0.2, 0.25) is 0 Å². The Balaban J connectivity index is 2.08. The van der Waals surface area contributed by atoms with E-state index in [1.54, 1.807) is 0 Å². The number of carboxylic acids is 1. The van der Waals surface area contributed by atoms with Crippen LogP contribution in [0.1, 0.15) is 25.7 Å². The van der Waals surface area contributed by atoms with Crippen LogP contribution < -0.4 is 0 Å². The topological polar surface area (TPSA) is 37.3 Å². The molecule has 0 aromatic heterocycles. The summed E-state index contributed by atoms with van der Waals surface area (Å²) in [6.07, 6.45) is 4.43. The van der Waals surface area contributed by atoms with Gasteiger partial charge in [-0.15, -0.1) is 0 Å². The van der Waals surface area contributed by atoms with Gasteiger partial charge in [-0.25, -0.2) is 0 Å². The first-order valence-electron chi connectivity index (χ1n) is 4.46. The molecule has 2 unspecified atom stereocenters. The Morgan fingerprint density at radius 2 is 1.82 bits per heavy atom. The summed E-state index contributed by atoms with van der Waals surface area (Å²) in [7, 11) is 0. The molecule has 4 aliphatic carbocycles. The summed E-state index contributed by atoms with van der Waals surface area (Å²) >= 11 is 0. The second-order valence-electron chi connectivity index (χ2n) is 4.56. The van der Waals surface area contributed by atoms with E-state index in [2.05, 4.69) is 0 Å². The zero-order chi connectivity index (χ0) is 7.64. The van der Waals surface area contributed by atoms with Crippen molar-refractivity contribution in [3.05, 3.63) is 0 Å². The molecule has 4 rings (SSSR count). The van der Waals surface area contributed by atoms with Gasteiger partial charge in [0.15, 0.2) is 0 Å². The van der Waals surface area contributed by atoms with Crippen molar-refractivity contribution in [2.75, 3.05) is 0 Å². The quantitative estimate of drug-likeness (QED) is 0.618. The summed E-state index contributed by atoms with van der Waals surface area (Å²) < 4.78 is 0. The van der Waals surface area contributed by atoms with Crippen molar-refractivity contribution in [2.45, 2.75) is 25.7 Å². The Morgan fingerprint density at radius 1 is 1.27 bits per heavy atom. The largest absolute Gasteiger partial charge is 0.481 e. The molecule has 11 heavy (non-hydrogen) atoms. The second-order valence-corrected chi connectivity index (χ2v) is 4.56. The molecule has 4 saturated carbocycles. The van der Waals surface area contributed by atoms with Crippen LogP contribution in [-0.4, -0.2) is 11.1 Å². The van der Waals surface area contributed by atoms with E-state index in [-0.39, 0.29) is 5.41 Å². The lowest BCUT2D eigenvalue weighted by molar-refractivity contribution is -0.149. The molecule has 2 nitrogen and oxygen atoms in total. The molecule has 0 aromatic rings. The Morgan fingerprint density at radius 3 is 2.00 bits per heavy atom. The number of hydrogen-bond donors (Lipinski definition) is 1. The molecule has 0 aromatic carbocycles. The SMILES string of the molecule is O=C(O)C12CC3CC1CC3C2. The minimum absolute atomic E-state index is 0.241. The van der Waals surface area contributed by atoms with E-state index in [9.17, 15) is 4.79 Å². The van der Waals surface area contributed by atoms with Crippen molar-refractivity contribution in [2.24, 2.45) is 23.2 Å². The van der Waals surface area contributed by atoms with Crippen LogP contribution in [0.15, 0.2) is 0 Å². The molecule has 0 heterocycles. The molecule has 0 saturated heterocycles. The highest BCUT2D eigenvalue weighted by molar-refractivity contribution is 5.77. The van der Waals surface area contributed by atoms with Crippen LogP contribution in [0.3, 0.4) is 0 Å². The molecular weight excluding hydrogens is 140 g/mol. The van der Waals surface area contributed by atoms with Crippen LogP contribution in [0, 0.1) is 23.2 Å². The molecule has 0 spiro atoms. The van der Waals surface area contributed by atoms with Crippen LogP contribution >= 0.6 is 0 Å². The average molecular weight is 152 g/mol. The molecule has 0 amide bonds. The van der Waals surface area contributed by atoms with E-state index >= 15 is 0 Å². The van der Waals surface area contributed by atoms with Crippen LogP contribution in [0.4, 0.5) is 0 Å². The van der Waals surface area contributed by atoms with Crippen molar-refractivity contribution < 1.29 is 9.90 Å². The molecule has 60 valence electrons. The number of carboxylic acid groups (broad SMARTS) is 1. The zero-order valence-electron chi connectivity index (χ0n) is 6.42. The lowest BCUT2D eigenvalue weighted by Crippen LogP contribution is -2.29. The lowest BCUT2D eigenvalue weighted by atomic mass is 9.81. The predicted octanol–water partition coefficient (Wildman–Crippen LogP) is 1.51. The number of aliphatic carboxylic acids is 1. The molecule has 4 bridgehead atoms. The lowest BCUT2D eigenvalue weighted by Gasteiger charge is -2.22. The third kappa shape index (κ3) is 0.472. The molecule has 4 fully saturated rings. The van der Waals surface area contributed by atoms with Gasteiger partial charge in [0, 0.05) is 0 Å². The van der Waals surface area contributed by atoms with Gasteiger partial charge in [0.25, 0.3) is 0 Å². The molecule has 0 aliphatic heterocycles. The summed E-state index contributed by atoms with van der Waals surface area (Å²) in [6.45, 7) is 0. The Kier molecular flexibility index (Phi) is 0.809. The zero-order valence-corrected chi connectivity index (χ0v) is 6.42. The highest BCUT2D eigenvalue weighted by atomic mass is 16.4. The van der Waals surface area contributed by atoms with Crippen molar-refractivity contribution in [3.63, 3.8) is 0 Å². The van der Waals surface area contributed by atoms with Crippen molar-refractivity contribution >= 4 is 5.97 Å². The third-order valence-electron chi connectivity index (χ3n) is 4.30. The van der Waals surface area contributed by atoms with Gasteiger partial charge in [-0.1, -0.05) is 0 Å². The number of hydrogen-bond acceptors (Lipinski definition) is 1. The van der Waals surface area contributed by atoms with Crippen LogP contribution in [0.25, 0.3) is 0 Å². The summed E-state index contributed by atoms with van der Waals surface area (Å²) in [6, 6.07) is 0. The number of carbonyl (C=O) groups is 1. The highest BCUT2D eigenvalue weighted by Gasteiger charge is 2.66. The van der Waals surface area contributed by atoms with Crippen LogP contribution in [0.2, 0.25) is 0 Å². The fourth-order valence-corrected chi connectivity index (χ4v) is 3.86. The first-order chi connectivity index (χ1) is 5.22. The van der Waals surface area contributed by atoms with E-state index in [4.69, 9.17) is 5.11 Å². The van der Waals surface area contributed by atoms with Gasteiger partial charge in [-0.2, -0.15) is 0 Å². The Bertz CT molecular complexity index is 220. The fraction of sp³-hybridized carbons (Fsp3) is 0.889. The van der Waals surface area contributed by atoms with Crippen molar-refractivity contribution in [1.29, 1.82) is 0 Å². The van der Waals surface area contributed by atoms with Crippen LogP contribution in [0.5, 0.6) is 0 Å². The molecule has 2 atom stereocenters. The normalized spacial score (nSPS) is 57.6. The first kappa shape index (κ1) is 6.04. The smallest absolute Gasteiger partial charge is 0.309 e. The molecule has 4 aliphatic rings. The molecule has 2 heteroatoms. The number of rotatable bonds is 1. The monoisotopic (exact) mass is 152 g/mol. The maximum Gasteiger partial charge on any atom is 0.309 e. The van der Waals surface area contributed by atoms with Gasteiger partial charge < -0.3 is 5.11 Å². The maximum atomic E-state index is 11.0. The van der Waals surface area contributed by atoms with E-state index < -0.39 is 5.97 Å². The Hall–Kier alpha value is -0.530. The fourth-order valence-electron chi connectivity index (χ4n) is 3.86. The van der Waals surface area contributed by atoms with Gasteiger partial charge in [-0.3, -0.25) is 4.79 Å². The predicted molar refractivity (Wildman–Crippen MR) is 39.0 cm³/mol. The Labute approximate surface area is 65.6 Å². The van der Waals surface area contributed by atoms with Crippen molar-refractivity contribution in [1.82, 2.24) is 0 Å². The summed E-state index contributed by atoms with van der Waals surface area (Å²) in [5, 5.41) is 9.09. The summed E-state index contributed by atoms with van der Waals surface area (Å²) in [4.78, 5) is 11.0. The maximum absolute atomic E-state index is 11.0. The molecular formula is C9H12O2. The van der Waals surface area contributed by atoms with Gasteiger partial charge in [-0.05, 0) is 43.4 Å². The first-order valence-corrected chi connectivity index (χ1v) is 4.46. The van der Waals surface area contributed by atoms with Crippen LogP contribution in [-0.2, 0) is 4.79 Å². The minimum atomic E-state index is -0.509. The second kappa shape index (κ2) is 1.47. The highest BCUT2D eigenvalue weighted by Crippen LogP contribution is 2.69. The molecule has 1 N–H and O–H groups in total. The van der Waals surface area contributed by atoms with E-state index in [0.29, 0.717) is 5.92 Å². The standard InChI is InChI=1S/C9H12O2/c10-8(11)9-3-5-1-7(9)2-6(5)4-9/h5-7H,1-4H2,(H,10,11). The third-order valence-corrected chi connectivity index (χ3v) is 4.30. The average Bonchev–Trinajstić information content (AvgIpc) is 2.50. The van der Waals surface area contributed by atoms with E-state index in [0.717, 1.165) is 24.7 Å². The van der Waals surface area contributed by atoms with Gasteiger partial charge >= 0.3 is 5.97 Å². The summed E-state index contributed by atoms with van der Waals surface area (Å²) in [5.74, 6) is 1.62. The van der Waals surface area contributed by atoms with Gasteiger partial charge in [0.05, 0.1) is 5.41 Å².